The zero-order chi connectivity index (χ0) is 19.4. The van der Waals surface area contributed by atoms with E-state index in [1.54, 1.807) is 0 Å². The van der Waals surface area contributed by atoms with Gasteiger partial charge in [0.25, 0.3) is 0 Å². The van der Waals surface area contributed by atoms with E-state index >= 15 is 0 Å². The Morgan fingerprint density at radius 1 is 1.12 bits per heavy atom. The van der Waals surface area contributed by atoms with Crippen LogP contribution < -0.4 is 15.4 Å². The number of hydrogen-bond acceptors (Lipinski definition) is 3. The fourth-order valence-corrected chi connectivity index (χ4v) is 2.80. The van der Waals surface area contributed by atoms with Crippen LogP contribution in [-0.2, 0) is 6.54 Å². The maximum absolute atomic E-state index is 5.68. The van der Waals surface area contributed by atoms with Crippen molar-refractivity contribution in [2.75, 3.05) is 26.7 Å². The highest BCUT2D eigenvalue weighted by molar-refractivity contribution is 5.79. The molecule has 1 rings (SSSR count). The lowest BCUT2D eigenvalue weighted by Crippen LogP contribution is -2.42. The van der Waals surface area contributed by atoms with Crippen molar-refractivity contribution in [1.82, 2.24) is 15.5 Å². The van der Waals surface area contributed by atoms with Crippen LogP contribution in [0.1, 0.15) is 53.0 Å². The van der Waals surface area contributed by atoms with E-state index in [2.05, 4.69) is 53.4 Å². The van der Waals surface area contributed by atoms with E-state index in [0.29, 0.717) is 6.04 Å². The maximum atomic E-state index is 5.68. The molecule has 0 aliphatic carbocycles. The van der Waals surface area contributed by atoms with E-state index in [0.717, 1.165) is 44.3 Å². The van der Waals surface area contributed by atoms with Crippen LogP contribution in [0, 0.1) is 0 Å². The SMILES string of the molecule is CCN(CC)CCCC(C)NC(=NC)NCc1ccc(OC(C)C)cc1. The molecule has 0 saturated carbocycles. The Kier molecular flexibility index (Phi) is 10.8. The van der Waals surface area contributed by atoms with Gasteiger partial charge in [-0.2, -0.15) is 0 Å². The Morgan fingerprint density at radius 2 is 1.77 bits per heavy atom. The smallest absolute Gasteiger partial charge is 0.191 e. The third-order valence-electron chi connectivity index (χ3n) is 4.37. The van der Waals surface area contributed by atoms with E-state index in [-0.39, 0.29) is 6.10 Å². The van der Waals surface area contributed by atoms with Gasteiger partial charge in [-0.25, -0.2) is 0 Å². The molecular weight excluding hydrogens is 324 g/mol. The summed E-state index contributed by atoms with van der Waals surface area (Å²) in [5.74, 6) is 1.76. The lowest BCUT2D eigenvalue weighted by atomic mass is 10.2. The Bertz CT molecular complexity index is 509. The fraction of sp³-hybridized carbons (Fsp3) is 0.667. The van der Waals surface area contributed by atoms with Gasteiger partial charge < -0.3 is 20.3 Å². The molecular formula is C21H38N4O. The number of hydrogen-bond donors (Lipinski definition) is 2. The quantitative estimate of drug-likeness (QED) is 0.466. The van der Waals surface area contributed by atoms with Gasteiger partial charge in [0.1, 0.15) is 5.75 Å². The number of nitrogens with zero attached hydrogens (tertiary/aromatic N) is 2. The molecule has 0 radical (unpaired) electrons. The third-order valence-corrected chi connectivity index (χ3v) is 4.37. The Morgan fingerprint density at radius 3 is 2.31 bits per heavy atom. The first-order chi connectivity index (χ1) is 12.5. The number of ether oxygens (including phenoxy) is 1. The van der Waals surface area contributed by atoms with E-state index in [9.17, 15) is 0 Å². The van der Waals surface area contributed by atoms with Crippen molar-refractivity contribution < 1.29 is 4.74 Å². The molecule has 5 heteroatoms. The number of guanidine groups is 1. The van der Waals surface area contributed by atoms with Gasteiger partial charge in [0.05, 0.1) is 6.10 Å². The van der Waals surface area contributed by atoms with Crippen LogP contribution in [0.3, 0.4) is 0 Å². The second kappa shape index (κ2) is 12.6. The van der Waals surface area contributed by atoms with Crippen molar-refractivity contribution in [3.63, 3.8) is 0 Å². The van der Waals surface area contributed by atoms with E-state index in [4.69, 9.17) is 4.74 Å². The van der Waals surface area contributed by atoms with Gasteiger partial charge in [-0.3, -0.25) is 4.99 Å². The van der Waals surface area contributed by atoms with Crippen LogP contribution >= 0.6 is 0 Å². The predicted molar refractivity (Wildman–Crippen MR) is 112 cm³/mol. The normalized spacial score (nSPS) is 13.2. The Hall–Kier alpha value is -1.75. The predicted octanol–water partition coefficient (Wildman–Crippen LogP) is 3.65. The molecule has 1 aromatic rings. The van der Waals surface area contributed by atoms with Crippen molar-refractivity contribution in [1.29, 1.82) is 0 Å². The highest BCUT2D eigenvalue weighted by atomic mass is 16.5. The molecule has 0 aromatic heterocycles. The largest absolute Gasteiger partial charge is 0.491 e. The average Bonchev–Trinajstić information content (AvgIpc) is 2.63. The van der Waals surface area contributed by atoms with Crippen LogP contribution in [0.2, 0.25) is 0 Å². The highest BCUT2D eigenvalue weighted by Crippen LogP contribution is 2.13. The summed E-state index contributed by atoms with van der Waals surface area (Å²) in [6.07, 6.45) is 2.54. The zero-order valence-corrected chi connectivity index (χ0v) is 17.5. The average molecular weight is 363 g/mol. The van der Waals surface area contributed by atoms with Crippen LogP contribution in [0.4, 0.5) is 0 Å². The van der Waals surface area contributed by atoms with Gasteiger partial charge in [0.15, 0.2) is 5.96 Å². The Labute approximate surface area is 160 Å². The molecule has 0 bridgehead atoms. The number of rotatable bonds is 11. The van der Waals surface area contributed by atoms with Crippen LogP contribution in [0.15, 0.2) is 29.3 Å². The van der Waals surface area contributed by atoms with Crippen LogP contribution in [0.5, 0.6) is 5.75 Å². The molecule has 0 aliphatic rings. The van der Waals surface area contributed by atoms with Gasteiger partial charge in [-0.15, -0.1) is 0 Å². The van der Waals surface area contributed by atoms with Gasteiger partial charge >= 0.3 is 0 Å². The topological polar surface area (TPSA) is 48.9 Å². The fourth-order valence-electron chi connectivity index (χ4n) is 2.80. The first kappa shape index (κ1) is 22.3. The number of benzene rings is 1. The first-order valence-corrected chi connectivity index (χ1v) is 9.93. The highest BCUT2D eigenvalue weighted by Gasteiger charge is 2.07. The van der Waals surface area contributed by atoms with E-state index in [1.807, 2.05) is 33.0 Å². The van der Waals surface area contributed by atoms with Gasteiger partial charge in [0.2, 0.25) is 0 Å². The molecule has 148 valence electrons. The number of aliphatic imine (C=N–C) groups is 1. The summed E-state index contributed by atoms with van der Waals surface area (Å²) in [6.45, 7) is 14.9. The zero-order valence-electron chi connectivity index (χ0n) is 17.5. The monoisotopic (exact) mass is 362 g/mol. The molecule has 0 fully saturated rings. The minimum Gasteiger partial charge on any atom is -0.491 e. The van der Waals surface area contributed by atoms with Gasteiger partial charge in [-0.1, -0.05) is 26.0 Å². The summed E-state index contributed by atoms with van der Waals surface area (Å²) in [4.78, 5) is 6.80. The molecule has 5 nitrogen and oxygen atoms in total. The minimum atomic E-state index is 0.199. The van der Waals surface area contributed by atoms with Gasteiger partial charge in [-0.05, 0) is 70.9 Å². The van der Waals surface area contributed by atoms with Crippen molar-refractivity contribution >= 4 is 5.96 Å². The first-order valence-electron chi connectivity index (χ1n) is 9.93. The van der Waals surface area contributed by atoms with E-state index in [1.165, 1.54) is 12.0 Å². The molecule has 0 spiro atoms. The molecule has 1 atom stereocenters. The third kappa shape index (κ3) is 9.09. The molecule has 0 saturated heterocycles. The molecule has 26 heavy (non-hydrogen) atoms. The van der Waals surface area contributed by atoms with Crippen molar-refractivity contribution in [3.05, 3.63) is 29.8 Å². The molecule has 0 amide bonds. The van der Waals surface area contributed by atoms with Crippen molar-refractivity contribution in [3.8, 4) is 5.75 Å². The lowest BCUT2D eigenvalue weighted by molar-refractivity contribution is 0.242. The molecule has 0 aliphatic heterocycles. The standard InChI is InChI=1S/C21H38N4O/c1-7-25(8-2)15-9-10-18(5)24-21(22-6)23-16-19-11-13-20(14-12-19)26-17(3)4/h11-14,17-18H,7-10,15-16H2,1-6H3,(H2,22,23,24). The second-order valence-electron chi connectivity index (χ2n) is 6.95. The second-order valence-corrected chi connectivity index (χ2v) is 6.95. The van der Waals surface area contributed by atoms with Crippen molar-refractivity contribution in [2.24, 2.45) is 4.99 Å². The summed E-state index contributed by atoms with van der Waals surface area (Å²) in [5, 5.41) is 6.87. The van der Waals surface area contributed by atoms with Gasteiger partial charge in [0, 0.05) is 19.6 Å². The summed E-state index contributed by atoms with van der Waals surface area (Å²) in [6, 6.07) is 8.61. The summed E-state index contributed by atoms with van der Waals surface area (Å²) < 4.78 is 5.68. The maximum Gasteiger partial charge on any atom is 0.191 e. The van der Waals surface area contributed by atoms with Crippen molar-refractivity contribution in [2.45, 2.75) is 66.2 Å². The van der Waals surface area contributed by atoms with E-state index < -0.39 is 0 Å². The summed E-state index contributed by atoms with van der Waals surface area (Å²) >= 11 is 0. The van der Waals surface area contributed by atoms with Crippen LogP contribution in [0.25, 0.3) is 0 Å². The minimum absolute atomic E-state index is 0.199. The molecule has 0 heterocycles. The lowest BCUT2D eigenvalue weighted by Gasteiger charge is -2.21. The molecule has 1 unspecified atom stereocenters. The summed E-state index contributed by atoms with van der Waals surface area (Å²) in [5.41, 5.74) is 1.21. The molecule has 2 N–H and O–H groups in total. The summed E-state index contributed by atoms with van der Waals surface area (Å²) in [7, 11) is 1.82. The number of nitrogens with one attached hydrogen (secondary N) is 2. The van der Waals surface area contributed by atoms with Crippen LogP contribution in [-0.4, -0.2) is 49.7 Å². The Balaban J connectivity index is 2.35. The molecule has 1 aromatic carbocycles.